The van der Waals surface area contributed by atoms with E-state index >= 15 is 0 Å². The van der Waals surface area contributed by atoms with Gasteiger partial charge in [-0.05, 0) is 31.2 Å². The van der Waals surface area contributed by atoms with Crippen LogP contribution >= 0.6 is 0 Å². The van der Waals surface area contributed by atoms with Crippen LogP contribution in [-0.2, 0) is 17.9 Å². The third-order valence-electron chi connectivity index (χ3n) is 3.74. The van der Waals surface area contributed by atoms with Gasteiger partial charge in [0.1, 0.15) is 17.4 Å². The zero-order valence-electron chi connectivity index (χ0n) is 13.2. The zero-order valence-corrected chi connectivity index (χ0v) is 13.2. The fourth-order valence-corrected chi connectivity index (χ4v) is 2.58. The number of aryl methyl sites for hydroxylation is 1. The Bertz CT molecular complexity index is 827. The van der Waals surface area contributed by atoms with Gasteiger partial charge in [-0.3, -0.25) is 9.59 Å². The van der Waals surface area contributed by atoms with Gasteiger partial charge >= 0.3 is 0 Å². The van der Waals surface area contributed by atoms with Crippen molar-refractivity contribution in [2.45, 2.75) is 20.0 Å². The van der Waals surface area contributed by atoms with E-state index < -0.39 is 0 Å². The van der Waals surface area contributed by atoms with Crippen molar-refractivity contribution in [2.75, 3.05) is 11.9 Å². The average Bonchev–Trinajstić information content (AvgIpc) is 2.94. The van der Waals surface area contributed by atoms with Gasteiger partial charge in [-0.15, -0.1) is 0 Å². The number of carbonyl (C=O) groups is 2. The Kier molecular flexibility index (Phi) is 4.03. The second-order valence-electron chi connectivity index (χ2n) is 5.45. The lowest BCUT2D eigenvalue weighted by Crippen LogP contribution is -2.38. The molecule has 124 valence electrons. The van der Waals surface area contributed by atoms with E-state index in [2.05, 4.69) is 22.0 Å². The Morgan fingerprint density at radius 2 is 2.17 bits per heavy atom. The maximum absolute atomic E-state index is 12.7. The number of phenolic OH excluding ortho intramolecular Hbond substituents is 1. The number of aromatic nitrogens is 3. The van der Waals surface area contributed by atoms with Gasteiger partial charge < -0.3 is 15.3 Å². The lowest BCUT2D eigenvalue weighted by Gasteiger charge is -2.27. The van der Waals surface area contributed by atoms with Gasteiger partial charge in [-0.1, -0.05) is 6.58 Å². The van der Waals surface area contributed by atoms with Crippen LogP contribution in [0.1, 0.15) is 22.0 Å². The van der Waals surface area contributed by atoms with Crippen LogP contribution in [0.25, 0.3) is 0 Å². The number of phenols is 1. The number of benzene rings is 1. The highest BCUT2D eigenvalue weighted by Crippen LogP contribution is 2.24. The van der Waals surface area contributed by atoms with E-state index in [9.17, 15) is 14.7 Å². The Morgan fingerprint density at radius 1 is 1.38 bits per heavy atom. The van der Waals surface area contributed by atoms with Crippen molar-refractivity contribution in [3.63, 3.8) is 0 Å². The average molecular weight is 327 g/mol. The summed E-state index contributed by atoms with van der Waals surface area (Å²) in [5.74, 6) is 0.522. The van der Waals surface area contributed by atoms with Crippen molar-refractivity contribution in [1.29, 1.82) is 0 Å². The first-order valence-electron chi connectivity index (χ1n) is 7.44. The largest absolute Gasteiger partial charge is 0.507 e. The summed E-state index contributed by atoms with van der Waals surface area (Å²) in [6, 6.07) is 4.34. The summed E-state index contributed by atoms with van der Waals surface area (Å²) in [5.41, 5.74) is 0.540. The molecule has 1 aromatic carbocycles. The molecule has 2 amide bonds. The molecule has 0 saturated carbocycles. The van der Waals surface area contributed by atoms with Gasteiger partial charge in [0.05, 0.1) is 18.7 Å². The number of hydrogen-bond acceptors (Lipinski definition) is 5. The van der Waals surface area contributed by atoms with Gasteiger partial charge in [0.15, 0.2) is 0 Å². The molecule has 2 aromatic rings. The lowest BCUT2D eigenvalue weighted by molar-refractivity contribution is -0.111. The van der Waals surface area contributed by atoms with Gasteiger partial charge in [0.2, 0.25) is 5.91 Å². The molecule has 24 heavy (non-hydrogen) atoms. The maximum atomic E-state index is 12.7. The number of amides is 2. The van der Waals surface area contributed by atoms with E-state index in [1.165, 1.54) is 18.2 Å². The summed E-state index contributed by atoms with van der Waals surface area (Å²) in [5, 5.41) is 16.8. The van der Waals surface area contributed by atoms with E-state index in [0.29, 0.717) is 37.0 Å². The fraction of sp³-hybridized carbons (Fsp3) is 0.250. The molecule has 0 bridgehead atoms. The molecular formula is C16H17N5O3. The molecule has 0 atom stereocenters. The summed E-state index contributed by atoms with van der Waals surface area (Å²) >= 11 is 0. The third-order valence-corrected chi connectivity index (χ3v) is 3.74. The van der Waals surface area contributed by atoms with Gasteiger partial charge in [-0.2, -0.15) is 5.10 Å². The summed E-state index contributed by atoms with van der Waals surface area (Å²) in [6.07, 6.45) is 1.13. The zero-order chi connectivity index (χ0) is 17.3. The van der Waals surface area contributed by atoms with Crippen LogP contribution in [0.5, 0.6) is 5.75 Å². The highest BCUT2D eigenvalue weighted by Gasteiger charge is 2.25. The summed E-state index contributed by atoms with van der Waals surface area (Å²) < 4.78 is 1.78. The van der Waals surface area contributed by atoms with Crippen molar-refractivity contribution in [1.82, 2.24) is 19.7 Å². The number of nitrogens with one attached hydrogen (secondary N) is 1. The van der Waals surface area contributed by atoms with E-state index in [-0.39, 0.29) is 23.1 Å². The number of nitrogens with zero attached hydrogens (tertiary/aromatic N) is 4. The first kappa shape index (κ1) is 15.7. The number of carbonyl (C=O) groups excluding carboxylic acids is 2. The van der Waals surface area contributed by atoms with E-state index in [1.54, 1.807) is 16.5 Å². The molecule has 2 heterocycles. The van der Waals surface area contributed by atoms with Crippen LogP contribution in [0.15, 0.2) is 30.9 Å². The highest BCUT2D eigenvalue weighted by atomic mass is 16.3. The maximum Gasteiger partial charge on any atom is 0.258 e. The monoisotopic (exact) mass is 327 g/mol. The molecule has 0 saturated heterocycles. The van der Waals surface area contributed by atoms with Crippen molar-refractivity contribution in [3.8, 4) is 5.75 Å². The van der Waals surface area contributed by atoms with Crippen LogP contribution in [0.3, 0.4) is 0 Å². The van der Waals surface area contributed by atoms with E-state index in [4.69, 9.17) is 0 Å². The van der Waals surface area contributed by atoms with Gasteiger partial charge in [0, 0.05) is 12.2 Å². The predicted molar refractivity (Wildman–Crippen MR) is 86.4 cm³/mol. The molecule has 8 heteroatoms. The van der Waals surface area contributed by atoms with Crippen LogP contribution in [-0.4, -0.2) is 43.1 Å². The van der Waals surface area contributed by atoms with E-state index in [1.807, 2.05) is 0 Å². The molecule has 0 fully saturated rings. The number of aromatic hydroxyl groups is 1. The van der Waals surface area contributed by atoms with Crippen molar-refractivity contribution >= 4 is 17.5 Å². The van der Waals surface area contributed by atoms with Crippen LogP contribution in [0.2, 0.25) is 0 Å². The van der Waals surface area contributed by atoms with Gasteiger partial charge in [-0.25, -0.2) is 9.67 Å². The minimum absolute atomic E-state index is 0.126. The molecule has 1 aliphatic rings. The Balaban J connectivity index is 1.83. The molecule has 0 radical (unpaired) electrons. The molecular weight excluding hydrogens is 310 g/mol. The van der Waals surface area contributed by atoms with Crippen LogP contribution < -0.4 is 5.32 Å². The van der Waals surface area contributed by atoms with Crippen LogP contribution in [0, 0.1) is 6.92 Å². The second kappa shape index (κ2) is 6.15. The quantitative estimate of drug-likeness (QED) is 0.649. The molecule has 0 aliphatic carbocycles. The SMILES string of the molecule is C=CC(=O)Nc1ccc(O)c(C(=O)N2CCn3nc(C)nc3C2)c1. The topological polar surface area (TPSA) is 100 Å². The van der Waals surface area contributed by atoms with Crippen molar-refractivity contribution in [2.24, 2.45) is 0 Å². The molecule has 3 rings (SSSR count). The summed E-state index contributed by atoms with van der Waals surface area (Å²) in [7, 11) is 0. The fourth-order valence-electron chi connectivity index (χ4n) is 2.58. The Morgan fingerprint density at radius 3 is 2.92 bits per heavy atom. The predicted octanol–water partition coefficient (Wildman–Crippen LogP) is 1.07. The van der Waals surface area contributed by atoms with Gasteiger partial charge in [0.25, 0.3) is 5.91 Å². The van der Waals surface area contributed by atoms with Crippen LogP contribution in [0.4, 0.5) is 5.69 Å². The number of rotatable bonds is 3. The smallest absolute Gasteiger partial charge is 0.258 e. The second-order valence-corrected chi connectivity index (χ2v) is 5.45. The molecule has 0 spiro atoms. The van der Waals surface area contributed by atoms with Crippen molar-refractivity contribution in [3.05, 3.63) is 48.1 Å². The third kappa shape index (κ3) is 2.98. The molecule has 1 aromatic heterocycles. The molecule has 8 nitrogen and oxygen atoms in total. The van der Waals surface area contributed by atoms with Crippen molar-refractivity contribution < 1.29 is 14.7 Å². The molecule has 2 N–H and O–H groups in total. The minimum atomic E-state index is -0.388. The Labute approximate surface area is 138 Å². The number of fused-ring (bicyclic) bond motifs is 1. The lowest BCUT2D eigenvalue weighted by atomic mass is 10.1. The summed E-state index contributed by atoms with van der Waals surface area (Å²) in [4.78, 5) is 30.0. The first-order chi connectivity index (χ1) is 11.5. The highest BCUT2D eigenvalue weighted by molar-refractivity contribution is 6.01. The minimum Gasteiger partial charge on any atom is -0.507 e. The number of hydrogen-bond donors (Lipinski definition) is 2. The standard InChI is InChI=1S/C16H17N5O3/c1-3-15(23)18-11-4-5-13(22)12(8-11)16(24)20-6-7-21-14(9-20)17-10(2)19-21/h3-5,8,22H,1,6-7,9H2,2H3,(H,18,23). The normalized spacial score (nSPS) is 13.3. The first-order valence-corrected chi connectivity index (χ1v) is 7.44. The number of anilines is 1. The Hall–Kier alpha value is -3.16. The molecule has 0 unspecified atom stereocenters. The molecule has 1 aliphatic heterocycles. The van der Waals surface area contributed by atoms with E-state index in [0.717, 1.165) is 6.08 Å². The summed E-state index contributed by atoms with van der Waals surface area (Å²) in [6.45, 7) is 6.52.